The molecule has 166 valence electrons. The Labute approximate surface area is 186 Å². The number of rotatable bonds is 5. The lowest BCUT2D eigenvalue weighted by atomic mass is 10.0. The van der Waals surface area contributed by atoms with E-state index in [9.17, 15) is 9.18 Å². The molecular weight excluding hydrogens is 409 g/mol. The standard InChI is InChI=1S/C24H26FN5O2/c1-15(2)22-27-13-17(14-28-22)24(31)29-21-18(19-12-16(3)4-5-20(19)25)6-7-26-23(21)30-8-10-32-11-9-30/h4-7,12-15H,8-11H2,1-3H3,(H,29,31). The van der Waals surface area contributed by atoms with E-state index in [4.69, 9.17) is 4.74 Å². The summed E-state index contributed by atoms with van der Waals surface area (Å²) >= 11 is 0. The number of carbonyl (C=O) groups excluding carboxylic acids is 1. The predicted molar refractivity (Wildman–Crippen MR) is 121 cm³/mol. The molecule has 7 nitrogen and oxygen atoms in total. The minimum Gasteiger partial charge on any atom is -0.378 e. The molecule has 0 aliphatic carbocycles. The number of anilines is 2. The second-order valence-electron chi connectivity index (χ2n) is 8.08. The smallest absolute Gasteiger partial charge is 0.258 e. The van der Waals surface area contributed by atoms with Crippen molar-refractivity contribution in [1.82, 2.24) is 15.0 Å². The first-order valence-corrected chi connectivity index (χ1v) is 10.7. The van der Waals surface area contributed by atoms with Crippen molar-refractivity contribution < 1.29 is 13.9 Å². The zero-order valence-corrected chi connectivity index (χ0v) is 18.4. The Hall–Kier alpha value is -3.39. The van der Waals surface area contributed by atoms with Gasteiger partial charge in [-0.05, 0) is 25.1 Å². The van der Waals surface area contributed by atoms with Crippen LogP contribution in [-0.2, 0) is 4.74 Å². The maximum absolute atomic E-state index is 14.8. The van der Waals surface area contributed by atoms with E-state index in [0.717, 1.165) is 5.56 Å². The van der Waals surface area contributed by atoms with Crippen molar-refractivity contribution in [3.05, 3.63) is 65.6 Å². The molecular formula is C24H26FN5O2. The number of aromatic nitrogens is 3. The largest absolute Gasteiger partial charge is 0.378 e. The van der Waals surface area contributed by atoms with Gasteiger partial charge in [-0.3, -0.25) is 4.79 Å². The fourth-order valence-corrected chi connectivity index (χ4v) is 3.60. The zero-order chi connectivity index (χ0) is 22.7. The summed E-state index contributed by atoms with van der Waals surface area (Å²) in [4.78, 5) is 28.2. The van der Waals surface area contributed by atoms with Gasteiger partial charge >= 0.3 is 0 Å². The molecule has 4 rings (SSSR count). The van der Waals surface area contributed by atoms with Crippen LogP contribution >= 0.6 is 0 Å². The fraction of sp³-hybridized carbons (Fsp3) is 0.333. The highest BCUT2D eigenvalue weighted by molar-refractivity contribution is 6.08. The van der Waals surface area contributed by atoms with Crippen LogP contribution in [0.5, 0.6) is 0 Å². The summed E-state index contributed by atoms with van der Waals surface area (Å²) in [6, 6.07) is 6.64. The molecule has 1 saturated heterocycles. The summed E-state index contributed by atoms with van der Waals surface area (Å²) in [6.07, 6.45) is 4.66. The Morgan fingerprint density at radius 3 is 2.50 bits per heavy atom. The normalized spacial score (nSPS) is 14.0. The van der Waals surface area contributed by atoms with Crippen LogP contribution in [0.3, 0.4) is 0 Å². The number of amides is 1. The molecule has 8 heteroatoms. The van der Waals surface area contributed by atoms with Gasteiger partial charge in [0, 0.05) is 48.7 Å². The van der Waals surface area contributed by atoms with Gasteiger partial charge in [0.15, 0.2) is 5.82 Å². The molecule has 1 aliphatic rings. The quantitative estimate of drug-likeness (QED) is 0.647. The lowest BCUT2D eigenvalue weighted by Crippen LogP contribution is -2.37. The molecule has 3 heterocycles. The van der Waals surface area contributed by atoms with Crippen LogP contribution in [0, 0.1) is 12.7 Å². The molecule has 3 aromatic rings. The number of hydrogen-bond donors (Lipinski definition) is 1. The lowest BCUT2D eigenvalue weighted by molar-refractivity contribution is 0.102. The van der Waals surface area contributed by atoms with Crippen molar-refractivity contribution >= 4 is 17.4 Å². The maximum atomic E-state index is 14.8. The average molecular weight is 436 g/mol. The SMILES string of the molecule is Cc1ccc(F)c(-c2ccnc(N3CCOCC3)c2NC(=O)c2cnc(C(C)C)nc2)c1. The van der Waals surface area contributed by atoms with Crippen LogP contribution in [0.25, 0.3) is 11.1 Å². The first-order valence-electron chi connectivity index (χ1n) is 10.7. The first kappa shape index (κ1) is 21.8. The number of carbonyl (C=O) groups is 1. The van der Waals surface area contributed by atoms with Gasteiger partial charge in [-0.15, -0.1) is 0 Å². The monoisotopic (exact) mass is 435 g/mol. The number of halogens is 1. The number of aryl methyl sites for hydroxylation is 1. The van der Waals surface area contributed by atoms with Gasteiger partial charge in [-0.2, -0.15) is 0 Å². The Bertz CT molecular complexity index is 1110. The number of nitrogens with one attached hydrogen (secondary N) is 1. The van der Waals surface area contributed by atoms with Crippen LogP contribution in [-0.4, -0.2) is 47.2 Å². The molecule has 0 unspecified atom stereocenters. The minimum absolute atomic E-state index is 0.161. The molecule has 32 heavy (non-hydrogen) atoms. The molecule has 1 aliphatic heterocycles. The molecule has 0 saturated carbocycles. The molecule has 0 bridgehead atoms. The van der Waals surface area contributed by atoms with Crippen molar-refractivity contribution in [3.8, 4) is 11.1 Å². The van der Waals surface area contributed by atoms with Crippen LogP contribution in [0.15, 0.2) is 42.9 Å². The van der Waals surface area contributed by atoms with E-state index in [1.165, 1.54) is 18.5 Å². The third-order valence-electron chi connectivity index (χ3n) is 5.34. The third kappa shape index (κ3) is 4.60. The van der Waals surface area contributed by atoms with Crippen LogP contribution < -0.4 is 10.2 Å². The van der Waals surface area contributed by atoms with Gasteiger partial charge in [0.1, 0.15) is 11.6 Å². The highest BCUT2D eigenvalue weighted by Crippen LogP contribution is 2.37. The summed E-state index contributed by atoms with van der Waals surface area (Å²) in [6.45, 7) is 8.25. The Morgan fingerprint density at radius 1 is 1.09 bits per heavy atom. The third-order valence-corrected chi connectivity index (χ3v) is 5.34. The Balaban J connectivity index is 1.77. The molecule has 1 N–H and O–H groups in total. The lowest BCUT2D eigenvalue weighted by Gasteiger charge is -2.30. The van der Waals surface area contributed by atoms with Gasteiger partial charge in [0.25, 0.3) is 5.91 Å². The van der Waals surface area contributed by atoms with Gasteiger partial charge < -0.3 is 15.0 Å². The van der Waals surface area contributed by atoms with Gasteiger partial charge in [-0.1, -0.05) is 25.5 Å². The molecule has 0 radical (unpaired) electrons. The van der Waals surface area contributed by atoms with Crippen LogP contribution in [0.1, 0.15) is 41.5 Å². The molecule has 1 fully saturated rings. The number of nitrogens with zero attached hydrogens (tertiary/aromatic N) is 4. The van der Waals surface area contributed by atoms with Gasteiger partial charge in [-0.25, -0.2) is 19.3 Å². The van der Waals surface area contributed by atoms with Crippen molar-refractivity contribution in [2.45, 2.75) is 26.7 Å². The van der Waals surface area contributed by atoms with E-state index < -0.39 is 0 Å². The molecule has 2 aromatic heterocycles. The zero-order valence-electron chi connectivity index (χ0n) is 18.4. The molecule has 1 aromatic carbocycles. The number of benzene rings is 1. The number of ether oxygens (including phenoxy) is 1. The summed E-state index contributed by atoms with van der Waals surface area (Å²) in [5, 5.41) is 2.96. The summed E-state index contributed by atoms with van der Waals surface area (Å²) in [5.74, 6) is 0.667. The van der Waals surface area contributed by atoms with E-state index in [2.05, 4.69) is 20.3 Å². The maximum Gasteiger partial charge on any atom is 0.258 e. The van der Waals surface area contributed by atoms with Crippen molar-refractivity contribution in [3.63, 3.8) is 0 Å². The summed E-state index contributed by atoms with van der Waals surface area (Å²) in [5.41, 5.74) is 2.67. The van der Waals surface area contributed by atoms with E-state index >= 15 is 0 Å². The van der Waals surface area contributed by atoms with Crippen molar-refractivity contribution in [2.24, 2.45) is 0 Å². The van der Waals surface area contributed by atoms with E-state index in [1.807, 2.05) is 25.7 Å². The number of hydrogen-bond acceptors (Lipinski definition) is 6. The minimum atomic E-state index is -0.378. The van der Waals surface area contributed by atoms with E-state index in [0.29, 0.717) is 60.3 Å². The Morgan fingerprint density at radius 2 is 1.81 bits per heavy atom. The molecule has 0 atom stereocenters. The fourth-order valence-electron chi connectivity index (χ4n) is 3.60. The highest BCUT2D eigenvalue weighted by atomic mass is 19.1. The van der Waals surface area contributed by atoms with Gasteiger partial charge in [0.2, 0.25) is 0 Å². The number of morpholine rings is 1. The van der Waals surface area contributed by atoms with E-state index in [-0.39, 0.29) is 17.6 Å². The average Bonchev–Trinajstić information content (AvgIpc) is 2.81. The first-order chi connectivity index (χ1) is 15.4. The predicted octanol–water partition coefficient (Wildman–Crippen LogP) is 4.20. The topological polar surface area (TPSA) is 80.2 Å². The second kappa shape index (κ2) is 9.40. The number of pyridine rings is 1. The molecule has 0 spiro atoms. The summed E-state index contributed by atoms with van der Waals surface area (Å²) in [7, 11) is 0. The van der Waals surface area contributed by atoms with Crippen molar-refractivity contribution in [1.29, 1.82) is 0 Å². The van der Waals surface area contributed by atoms with Crippen molar-refractivity contribution in [2.75, 3.05) is 36.5 Å². The van der Waals surface area contributed by atoms with Crippen LogP contribution in [0.4, 0.5) is 15.9 Å². The van der Waals surface area contributed by atoms with Gasteiger partial charge in [0.05, 0.1) is 24.5 Å². The summed E-state index contributed by atoms with van der Waals surface area (Å²) < 4.78 is 20.3. The van der Waals surface area contributed by atoms with E-state index in [1.54, 1.807) is 24.4 Å². The Kier molecular flexibility index (Phi) is 6.41. The van der Waals surface area contributed by atoms with Crippen LogP contribution in [0.2, 0.25) is 0 Å². The molecule has 1 amide bonds. The highest BCUT2D eigenvalue weighted by Gasteiger charge is 2.23. The second-order valence-corrected chi connectivity index (χ2v) is 8.08.